The maximum atomic E-state index is 9.28. The molecule has 2 aromatic heterocycles. The number of aromatic nitrogens is 2. The summed E-state index contributed by atoms with van der Waals surface area (Å²) >= 11 is 0. The number of hydrogen-bond donors (Lipinski definition) is 1. The van der Waals surface area contributed by atoms with Gasteiger partial charge in [0, 0.05) is 12.4 Å². The fraction of sp³-hybridized carbons (Fsp3) is 0.150. The first-order valence-electron chi connectivity index (χ1n) is 7.84. The average Bonchev–Trinajstić information content (AvgIpc) is 2.64. The van der Waals surface area contributed by atoms with E-state index in [2.05, 4.69) is 52.5 Å². The molecule has 0 spiro atoms. The van der Waals surface area contributed by atoms with Gasteiger partial charge in [0.2, 0.25) is 0 Å². The molecule has 1 aromatic carbocycles. The van der Waals surface area contributed by atoms with Gasteiger partial charge in [0.25, 0.3) is 0 Å². The summed E-state index contributed by atoms with van der Waals surface area (Å²) < 4.78 is 0. The zero-order valence-corrected chi connectivity index (χ0v) is 13.5. The summed E-state index contributed by atoms with van der Waals surface area (Å²) in [7, 11) is 0. The minimum atomic E-state index is -0.0593. The van der Waals surface area contributed by atoms with Crippen LogP contribution in [0.4, 0.5) is 5.82 Å². The van der Waals surface area contributed by atoms with Gasteiger partial charge in [-0.05, 0) is 43.2 Å². The van der Waals surface area contributed by atoms with Gasteiger partial charge in [-0.15, -0.1) is 0 Å². The maximum absolute atomic E-state index is 9.28. The van der Waals surface area contributed by atoms with Gasteiger partial charge in [-0.2, -0.15) is 5.26 Å². The lowest BCUT2D eigenvalue weighted by Crippen LogP contribution is -2.16. The smallest absolute Gasteiger partial charge is 0.144 e. The van der Waals surface area contributed by atoms with E-state index in [4.69, 9.17) is 0 Å². The monoisotopic (exact) mass is 314 g/mol. The summed E-state index contributed by atoms with van der Waals surface area (Å²) in [5.41, 5.74) is 3.89. The Kier molecular flexibility index (Phi) is 4.83. The number of nitriles is 1. The van der Waals surface area contributed by atoms with Gasteiger partial charge in [0.05, 0.1) is 17.3 Å². The van der Waals surface area contributed by atoms with Crippen LogP contribution in [0, 0.1) is 18.3 Å². The number of rotatable bonds is 5. The van der Waals surface area contributed by atoms with Crippen LogP contribution in [0.25, 0.3) is 0 Å². The second kappa shape index (κ2) is 7.38. The Morgan fingerprint density at radius 1 is 1.00 bits per heavy atom. The highest BCUT2D eigenvalue weighted by Crippen LogP contribution is 2.23. The molecule has 0 amide bonds. The highest BCUT2D eigenvalue weighted by Gasteiger charge is 2.16. The molecule has 0 bridgehead atoms. The Balaban J connectivity index is 1.90. The molecule has 1 atom stereocenters. The highest BCUT2D eigenvalue weighted by atomic mass is 15.0. The molecule has 4 nitrogen and oxygen atoms in total. The first-order valence-corrected chi connectivity index (χ1v) is 7.84. The van der Waals surface area contributed by atoms with E-state index in [0.29, 0.717) is 11.4 Å². The second-order valence-electron chi connectivity index (χ2n) is 5.65. The fourth-order valence-electron chi connectivity index (χ4n) is 2.55. The lowest BCUT2D eigenvalue weighted by atomic mass is 10.0. The molecule has 0 aliphatic heterocycles. The van der Waals surface area contributed by atoms with E-state index in [0.717, 1.165) is 12.1 Å². The van der Waals surface area contributed by atoms with Crippen LogP contribution in [-0.4, -0.2) is 9.97 Å². The van der Waals surface area contributed by atoms with Crippen molar-refractivity contribution in [3.05, 3.63) is 89.4 Å². The first kappa shape index (κ1) is 15.7. The SMILES string of the molecule is Cc1ccc(CC(Nc2ncccc2C#N)c2ccccn2)cc1. The van der Waals surface area contributed by atoms with Gasteiger partial charge in [-0.1, -0.05) is 35.9 Å². The molecule has 0 saturated heterocycles. The van der Waals surface area contributed by atoms with Gasteiger partial charge in [-0.25, -0.2) is 4.98 Å². The number of nitrogens with one attached hydrogen (secondary N) is 1. The van der Waals surface area contributed by atoms with E-state index >= 15 is 0 Å². The standard InChI is InChI=1S/C20H18N4/c1-15-7-9-16(10-8-15)13-19(18-6-2-3-11-22-18)24-20-17(14-21)5-4-12-23-20/h2-12,19H,13H2,1H3,(H,23,24). The zero-order chi connectivity index (χ0) is 16.8. The maximum Gasteiger partial charge on any atom is 0.144 e. The number of hydrogen-bond acceptors (Lipinski definition) is 4. The second-order valence-corrected chi connectivity index (χ2v) is 5.65. The molecule has 0 saturated carbocycles. The van der Waals surface area contributed by atoms with Gasteiger partial charge in [0.15, 0.2) is 0 Å². The van der Waals surface area contributed by atoms with Crippen LogP contribution in [0.3, 0.4) is 0 Å². The van der Waals surface area contributed by atoms with Gasteiger partial charge >= 0.3 is 0 Å². The van der Waals surface area contributed by atoms with E-state index < -0.39 is 0 Å². The summed E-state index contributed by atoms with van der Waals surface area (Å²) in [5.74, 6) is 0.586. The Morgan fingerprint density at radius 2 is 1.79 bits per heavy atom. The quantitative estimate of drug-likeness (QED) is 0.771. The van der Waals surface area contributed by atoms with E-state index in [-0.39, 0.29) is 6.04 Å². The first-order chi connectivity index (χ1) is 11.8. The topological polar surface area (TPSA) is 61.6 Å². The molecule has 3 aromatic rings. The lowest BCUT2D eigenvalue weighted by molar-refractivity contribution is 0.741. The summed E-state index contributed by atoms with van der Waals surface area (Å²) in [5, 5.41) is 12.7. The minimum absolute atomic E-state index is 0.0593. The molecule has 3 rings (SSSR count). The number of anilines is 1. The van der Waals surface area contributed by atoms with Crippen LogP contribution in [0.1, 0.15) is 28.4 Å². The number of nitrogens with zero attached hydrogens (tertiary/aromatic N) is 3. The third-order valence-electron chi connectivity index (χ3n) is 3.84. The molecule has 0 radical (unpaired) electrons. The van der Waals surface area contributed by atoms with Crippen molar-refractivity contribution in [3.8, 4) is 6.07 Å². The fourth-order valence-corrected chi connectivity index (χ4v) is 2.55. The summed E-state index contributed by atoms with van der Waals surface area (Å²) in [4.78, 5) is 8.78. The third-order valence-corrected chi connectivity index (χ3v) is 3.84. The number of benzene rings is 1. The summed E-state index contributed by atoms with van der Waals surface area (Å²) in [6.45, 7) is 2.07. The van der Waals surface area contributed by atoms with Crippen molar-refractivity contribution in [2.45, 2.75) is 19.4 Å². The van der Waals surface area contributed by atoms with Crippen LogP contribution in [0.15, 0.2) is 67.0 Å². The number of pyridine rings is 2. The van der Waals surface area contributed by atoms with Gasteiger partial charge in [-0.3, -0.25) is 4.98 Å². The van der Waals surface area contributed by atoms with Crippen LogP contribution in [0.2, 0.25) is 0 Å². The van der Waals surface area contributed by atoms with Crippen molar-refractivity contribution >= 4 is 5.82 Å². The molecule has 1 N–H and O–H groups in total. The largest absolute Gasteiger partial charge is 0.360 e. The predicted octanol–water partition coefficient (Wildman–Crippen LogP) is 4.05. The van der Waals surface area contributed by atoms with E-state index in [1.807, 2.05) is 18.2 Å². The molecule has 118 valence electrons. The Bertz CT molecular complexity index is 836. The van der Waals surface area contributed by atoms with Crippen molar-refractivity contribution in [2.24, 2.45) is 0 Å². The third kappa shape index (κ3) is 3.76. The van der Waals surface area contributed by atoms with Crippen molar-refractivity contribution in [3.63, 3.8) is 0 Å². The molecular formula is C20H18N4. The number of aryl methyl sites for hydroxylation is 1. The van der Waals surface area contributed by atoms with Crippen LogP contribution < -0.4 is 5.32 Å². The molecule has 0 aliphatic carbocycles. The van der Waals surface area contributed by atoms with Gasteiger partial charge < -0.3 is 5.32 Å². The van der Waals surface area contributed by atoms with Crippen LogP contribution in [-0.2, 0) is 6.42 Å². The zero-order valence-electron chi connectivity index (χ0n) is 13.5. The predicted molar refractivity (Wildman–Crippen MR) is 94.4 cm³/mol. The Labute approximate surface area is 141 Å². The molecule has 2 heterocycles. The van der Waals surface area contributed by atoms with Crippen molar-refractivity contribution < 1.29 is 0 Å². The lowest BCUT2D eigenvalue weighted by Gasteiger charge is -2.19. The van der Waals surface area contributed by atoms with Crippen molar-refractivity contribution in [1.82, 2.24) is 9.97 Å². The van der Waals surface area contributed by atoms with E-state index in [1.165, 1.54) is 11.1 Å². The normalized spacial score (nSPS) is 11.5. The van der Waals surface area contributed by atoms with E-state index in [1.54, 1.807) is 24.5 Å². The van der Waals surface area contributed by atoms with E-state index in [9.17, 15) is 5.26 Å². The van der Waals surface area contributed by atoms with Crippen LogP contribution in [0.5, 0.6) is 0 Å². The Hall–Kier alpha value is -3.19. The molecule has 24 heavy (non-hydrogen) atoms. The molecular weight excluding hydrogens is 296 g/mol. The highest BCUT2D eigenvalue weighted by molar-refractivity contribution is 5.52. The average molecular weight is 314 g/mol. The summed E-state index contributed by atoms with van der Waals surface area (Å²) in [6, 6.07) is 19.9. The minimum Gasteiger partial charge on any atom is -0.360 e. The Morgan fingerprint density at radius 3 is 2.50 bits per heavy atom. The molecule has 4 heteroatoms. The summed E-state index contributed by atoms with van der Waals surface area (Å²) in [6.07, 6.45) is 4.23. The van der Waals surface area contributed by atoms with Crippen molar-refractivity contribution in [2.75, 3.05) is 5.32 Å². The molecule has 0 fully saturated rings. The van der Waals surface area contributed by atoms with Crippen molar-refractivity contribution in [1.29, 1.82) is 5.26 Å². The van der Waals surface area contributed by atoms with Crippen LogP contribution >= 0.6 is 0 Å². The molecule has 1 unspecified atom stereocenters. The molecule has 0 aliphatic rings. The van der Waals surface area contributed by atoms with Gasteiger partial charge in [0.1, 0.15) is 11.9 Å².